The lowest BCUT2D eigenvalue weighted by Crippen LogP contribution is -2.51. The summed E-state index contributed by atoms with van der Waals surface area (Å²) in [7, 11) is 0. The van der Waals surface area contributed by atoms with Gasteiger partial charge in [0.1, 0.15) is 17.1 Å². The third-order valence-electron chi connectivity index (χ3n) is 4.08. The quantitative estimate of drug-likeness (QED) is 0.624. The molecule has 2 aromatic rings. The van der Waals surface area contributed by atoms with Crippen LogP contribution in [0.1, 0.15) is 36.0 Å². The minimum atomic E-state index is -0.962. The monoisotopic (exact) mass is 317 g/mol. The summed E-state index contributed by atoms with van der Waals surface area (Å²) in [5.74, 6) is -0.786. The third-order valence-corrected chi connectivity index (χ3v) is 4.08. The molecule has 0 spiro atoms. The molecule has 2 amide bonds. The van der Waals surface area contributed by atoms with E-state index in [1.807, 2.05) is 0 Å². The Bertz CT molecular complexity index is 708. The number of amides is 2. The number of aromatic amines is 1. The van der Waals surface area contributed by atoms with Gasteiger partial charge in [0.25, 0.3) is 5.91 Å². The predicted octanol–water partition coefficient (Wildman–Crippen LogP) is 0.107. The maximum atomic E-state index is 12.3. The lowest BCUT2D eigenvalue weighted by Gasteiger charge is -2.19. The smallest absolute Gasteiger partial charge is 0.252 e. The van der Waals surface area contributed by atoms with Crippen molar-refractivity contribution < 1.29 is 14.7 Å². The number of carbonyl (C=O) groups is 2. The van der Waals surface area contributed by atoms with E-state index in [0.29, 0.717) is 16.6 Å². The van der Waals surface area contributed by atoms with Crippen LogP contribution < -0.4 is 10.6 Å². The van der Waals surface area contributed by atoms with Gasteiger partial charge in [-0.15, -0.1) is 0 Å². The van der Waals surface area contributed by atoms with E-state index in [0.717, 1.165) is 25.7 Å². The number of rotatable bonds is 5. The molecule has 1 aromatic carbocycles. The molecule has 23 heavy (non-hydrogen) atoms. The summed E-state index contributed by atoms with van der Waals surface area (Å²) in [5, 5.41) is 25.1. The summed E-state index contributed by atoms with van der Waals surface area (Å²) in [5.41, 5.74) is 1.58. The zero-order chi connectivity index (χ0) is 16.2. The van der Waals surface area contributed by atoms with E-state index in [4.69, 9.17) is 0 Å². The second-order valence-corrected chi connectivity index (χ2v) is 5.73. The molecule has 4 N–H and O–H groups in total. The summed E-state index contributed by atoms with van der Waals surface area (Å²) in [4.78, 5) is 24.4. The molecule has 1 heterocycles. The maximum absolute atomic E-state index is 12.3. The molecule has 0 saturated heterocycles. The molecule has 122 valence electrons. The van der Waals surface area contributed by atoms with E-state index in [2.05, 4.69) is 26.0 Å². The Morgan fingerprint density at radius 1 is 1.26 bits per heavy atom. The number of hydrogen-bond donors (Lipinski definition) is 4. The van der Waals surface area contributed by atoms with E-state index >= 15 is 0 Å². The van der Waals surface area contributed by atoms with Gasteiger partial charge in [-0.1, -0.05) is 12.8 Å². The number of aliphatic hydroxyl groups is 1. The van der Waals surface area contributed by atoms with Gasteiger partial charge in [-0.3, -0.25) is 9.59 Å². The fourth-order valence-electron chi connectivity index (χ4n) is 2.79. The minimum Gasteiger partial charge on any atom is -0.394 e. The van der Waals surface area contributed by atoms with Crippen molar-refractivity contribution in [2.75, 3.05) is 6.61 Å². The van der Waals surface area contributed by atoms with Crippen molar-refractivity contribution in [3.63, 3.8) is 0 Å². The Hall–Kier alpha value is -2.48. The van der Waals surface area contributed by atoms with E-state index < -0.39 is 18.6 Å². The number of nitrogens with zero attached hydrogens (tertiary/aromatic N) is 2. The minimum absolute atomic E-state index is 0.139. The zero-order valence-electron chi connectivity index (χ0n) is 12.6. The Morgan fingerprint density at radius 3 is 2.74 bits per heavy atom. The molecule has 0 unspecified atom stereocenters. The number of fused-ring (bicyclic) bond motifs is 1. The number of aliphatic hydroxyl groups excluding tert-OH is 1. The summed E-state index contributed by atoms with van der Waals surface area (Å²) in [6.45, 7) is -0.448. The number of nitrogens with one attached hydrogen (secondary N) is 3. The van der Waals surface area contributed by atoms with Crippen LogP contribution in [0.2, 0.25) is 0 Å². The molecule has 1 saturated carbocycles. The molecular formula is C15H19N5O3. The van der Waals surface area contributed by atoms with Gasteiger partial charge in [-0.2, -0.15) is 15.4 Å². The van der Waals surface area contributed by atoms with Crippen molar-refractivity contribution in [3.05, 3.63) is 23.8 Å². The Kier molecular flexibility index (Phi) is 4.52. The van der Waals surface area contributed by atoms with Crippen molar-refractivity contribution in [2.45, 2.75) is 37.8 Å². The molecule has 8 heteroatoms. The average Bonchev–Trinajstić information content (AvgIpc) is 3.22. The zero-order valence-corrected chi connectivity index (χ0v) is 12.6. The first kappa shape index (κ1) is 15.4. The van der Waals surface area contributed by atoms with Crippen LogP contribution >= 0.6 is 0 Å². The average molecular weight is 317 g/mol. The topological polar surface area (TPSA) is 120 Å². The Balaban J connectivity index is 1.64. The second-order valence-electron chi connectivity index (χ2n) is 5.73. The molecule has 3 rings (SSSR count). The van der Waals surface area contributed by atoms with Gasteiger partial charge in [-0.25, -0.2) is 0 Å². The van der Waals surface area contributed by atoms with E-state index in [9.17, 15) is 14.7 Å². The van der Waals surface area contributed by atoms with Crippen LogP contribution in [0.15, 0.2) is 18.2 Å². The molecule has 1 fully saturated rings. The van der Waals surface area contributed by atoms with E-state index in [1.54, 1.807) is 18.2 Å². The summed E-state index contributed by atoms with van der Waals surface area (Å²) in [6, 6.07) is 4.03. The van der Waals surface area contributed by atoms with Crippen LogP contribution in [0.4, 0.5) is 0 Å². The van der Waals surface area contributed by atoms with Gasteiger partial charge in [0.2, 0.25) is 5.91 Å². The van der Waals surface area contributed by atoms with Gasteiger partial charge < -0.3 is 15.7 Å². The fraction of sp³-hybridized carbons (Fsp3) is 0.467. The van der Waals surface area contributed by atoms with Crippen LogP contribution in [-0.4, -0.2) is 51.0 Å². The van der Waals surface area contributed by atoms with Crippen LogP contribution in [0.3, 0.4) is 0 Å². The normalized spacial score (nSPS) is 16.4. The van der Waals surface area contributed by atoms with E-state index in [-0.39, 0.29) is 11.9 Å². The number of H-pyrrole nitrogens is 1. The van der Waals surface area contributed by atoms with Crippen molar-refractivity contribution in [1.29, 1.82) is 0 Å². The lowest BCUT2D eigenvalue weighted by atomic mass is 10.1. The van der Waals surface area contributed by atoms with Gasteiger partial charge in [-0.05, 0) is 31.0 Å². The highest BCUT2D eigenvalue weighted by Gasteiger charge is 2.24. The molecule has 1 atom stereocenters. The van der Waals surface area contributed by atoms with Crippen molar-refractivity contribution in [1.82, 2.24) is 26.0 Å². The van der Waals surface area contributed by atoms with Crippen LogP contribution in [0.25, 0.3) is 11.0 Å². The molecular weight excluding hydrogens is 298 g/mol. The number of aromatic nitrogens is 3. The van der Waals surface area contributed by atoms with Crippen LogP contribution in [0, 0.1) is 0 Å². The molecule has 1 aromatic heterocycles. The summed E-state index contributed by atoms with van der Waals surface area (Å²) in [6.07, 6.45) is 4.08. The summed E-state index contributed by atoms with van der Waals surface area (Å²) >= 11 is 0. The van der Waals surface area contributed by atoms with Crippen molar-refractivity contribution >= 4 is 22.8 Å². The van der Waals surface area contributed by atoms with Gasteiger partial charge in [0.15, 0.2) is 0 Å². The van der Waals surface area contributed by atoms with Crippen molar-refractivity contribution in [2.24, 2.45) is 0 Å². The fourth-order valence-corrected chi connectivity index (χ4v) is 2.79. The van der Waals surface area contributed by atoms with E-state index in [1.165, 1.54) is 0 Å². The van der Waals surface area contributed by atoms with Crippen LogP contribution in [0.5, 0.6) is 0 Å². The standard InChI is InChI=1S/C15H19N5O3/c21-8-13(15(23)16-10-3-1-2-4-10)17-14(22)9-5-6-11-12(7-9)19-20-18-11/h5-7,10,13,21H,1-4,8H2,(H,16,23)(H,17,22)(H,18,19,20)/t13-/m0/s1. The maximum Gasteiger partial charge on any atom is 0.252 e. The summed E-state index contributed by atoms with van der Waals surface area (Å²) < 4.78 is 0. The van der Waals surface area contributed by atoms with Crippen LogP contribution in [-0.2, 0) is 4.79 Å². The SMILES string of the molecule is O=C(N[C@@H](CO)C(=O)NC1CCCC1)c1ccc2n[nH]nc2c1. The first-order valence-electron chi connectivity index (χ1n) is 7.70. The van der Waals surface area contributed by atoms with Gasteiger partial charge in [0.05, 0.1) is 6.61 Å². The highest BCUT2D eigenvalue weighted by atomic mass is 16.3. The first-order chi connectivity index (χ1) is 11.2. The molecule has 1 aliphatic rings. The first-order valence-corrected chi connectivity index (χ1v) is 7.70. The predicted molar refractivity (Wildman–Crippen MR) is 82.6 cm³/mol. The molecule has 0 bridgehead atoms. The number of hydrogen-bond acceptors (Lipinski definition) is 5. The lowest BCUT2D eigenvalue weighted by molar-refractivity contribution is -0.124. The van der Waals surface area contributed by atoms with Gasteiger partial charge in [0, 0.05) is 11.6 Å². The van der Waals surface area contributed by atoms with Gasteiger partial charge >= 0.3 is 0 Å². The van der Waals surface area contributed by atoms with Crippen molar-refractivity contribution in [3.8, 4) is 0 Å². The number of benzene rings is 1. The number of carbonyl (C=O) groups excluding carboxylic acids is 2. The largest absolute Gasteiger partial charge is 0.394 e. The highest BCUT2D eigenvalue weighted by molar-refractivity contribution is 5.99. The molecule has 1 aliphatic carbocycles. The molecule has 8 nitrogen and oxygen atoms in total. The second kappa shape index (κ2) is 6.74. The molecule has 0 aliphatic heterocycles. The molecule has 0 radical (unpaired) electrons. The Morgan fingerprint density at radius 2 is 2.00 bits per heavy atom. The highest BCUT2D eigenvalue weighted by Crippen LogP contribution is 2.17. The third kappa shape index (κ3) is 3.48. The Labute approximate surface area is 132 Å².